The Kier molecular flexibility index (Phi) is 4.86. The Labute approximate surface area is 165 Å². The Balaban J connectivity index is 1.51. The van der Waals surface area contributed by atoms with E-state index in [9.17, 15) is 9.18 Å². The van der Waals surface area contributed by atoms with Crippen LogP contribution in [0.3, 0.4) is 0 Å². The van der Waals surface area contributed by atoms with Crippen LogP contribution in [0.25, 0.3) is 17.3 Å². The van der Waals surface area contributed by atoms with Crippen molar-refractivity contribution < 1.29 is 13.7 Å². The van der Waals surface area contributed by atoms with Gasteiger partial charge < -0.3 is 9.84 Å². The molecular formula is C20H17FN6O2. The van der Waals surface area contributed by atoms with Gasteiger partial charge >= 0.3 is 0 Å². The number of rotatable bonds is 5. The van der Waals surface area contributed by atoms with Gasteiger partial charge in [-0.1, -0.05) is 17.3 Å². The Hall–Kier alpha value is -3.88. The van der Waals surface area contributed by atoms with Crippen LogP contribution in [0.15, 0.2) is 59.6 Å². The number of carbonyl (C=O) groups is 1. The Morgan fingerprint density at radius 2 is 2.00 bits per heavy atom. The summed E-state index contributed by atoms with van der Waals surface area (Å²) in [6.45, 7) is 3.56. The Morgan fingerprint density at radius 3 is 2.72 bits per heavy atom. The van der Waals surface area contributed by atoms with Gasteiger partial charge in [0.2, 0.25) is 0 Å². The van der Waals surface area contributed by atoms with Crippen molar-refractivity contribution in [1.82, 2.24) is 30.0 Å². The normalized spacial score (nSPS) is 12.0. The lowest BCUT2D eigenvalue weighted by Gasteiger charge is -2.13. The van der Waals surface area contributed by atoms with Crippen LogP contribution < -0.4 is 5.32 Å². The van der Waals surface area contributed by atoms with E-state index in [1.165, 1.54) is 18.5 Å². The van der Waals surface area contributed by atoms with Crippen LogP contribution in [0.5, 0.6) is 0 Å². The van der Waals surface area contributed by atoms with Crippen molar-refractivity contribution in [3.8, 4) is 17.3 Å². The number of aromatic nitrogens is 5. The summed E-state index contributed by atoms with van der Waals surface area (Å²) in [7, 11) is 0. The van der Waals surface area contributed by atoms with E-state index in [-0.39, 0.29) is 23.5 Å². The van der Waals surface area contributed by atoms with Crippen LogP contribution in [0.4, 0.5) is 4.39 Å². The first-order valence-electron chi connectivity index (χ1n) is 8.87. The van der Waals surface area contributed by atoms with Crippen LogP contribution in [0.2, 0.25) is 0 Å². The summed E-state index contributed by atoms with van der Waals surface area (Å²) < 4.78 is 19.9. The monoisotopic (exact) mass is 392 g/mol. The van der Waals surface area contributed by atoms with Crippen LogP contribution in [-0.4, -0.2) is 30.6 Å². The predicted octanol–water partition coefficient (Wildman–Crippen LogP) is 3.26. The molecule has 8 nitrogen and oxygen atoms in total. The minimum absolute atomic E-state index is 0.236. The topological polar surface area (TPSA) is 98.7 Å². The van der Waals surface area contributed by atoms with Gasteiger partial charge in [0, 0.05) is 18.0 Å². The zero-order valence-corrected chi connectivity index (χ0v) is 15.7. The molecule has 0 bridgehead atoms. The molecule has 3 aromatic heterocycles. The van der Waals surface area contributed by atoms with Crippen molar-refractivity contribution >= 4 is 5.91 Å². The summed E-state index contributed by atoms with van der Waals surface area (Å²) in [4.78, 5) is 25.2. The van der Waals surface area contributed by atoms with E-state index in [2.05, 4.69) is 25.4 Å². The van der Waals surface area contributed by atoms with Gasteiger partial charge in [0.05, 0.1) is 6.04 Å². The first-order chi connectivity index (χ1) is 14.0. The molecule has 1 aromatic carbocycles. The lowest BCUT2D eigenvalue weighted by molar-refractivity contribution is 0.0935. The molecule has 4 aromatic rings. The number of nitrogens with zero attached hydrogens (tertiary/aromatic N) is 5. The molecule has 9 heteroatoms. The van der Waals surface area contributed by atoms with Crippen molar-refractivity contribution in [3.63, 3.8) is 0 Å². The smallest absolute Gasteiger partial charge is 0.271 e. The van der Waals surface area contributed by atoms with Gasteiger partial charge in [0.25, 0.3) is 11.8 Å². The number of aryl methyl sites for hydroxylation is 1. The number of hydrogen-bond acceptors (Lipinski definition) is 6. The third-order valence-corrected chi connectivity index (χ3v) is 4.32. The van der Waals surface area contributed by atoms with E-state index >= 15 is 0 Å². The fourth-order valence-electron chi connectivity index (χ4n) is 2.78. The average Bonchev–Trinajstić information content (AvgIpc) is 3.38. The SMILES string of the molecule is Cc1noc(-c2ccnc(-n3cnc(C(=O)NC(C)c4ccc(F)cc4)c3)c2)n1. The Bertz CT molecular complexity index is 1150. The van der Waals surface area contributed by atoms with Crippen LogP contribution >= 0.6 is 0 Å². The molecule has 0 aliphatic carbocycles. The third-order valence-electron chi connectivity index (χ3n) is 4.32. The number of benzene rings is 1. The van der Waals surface area contributed by atoms with Crippen molar-refractivity contribution in [2.24, 2.45) is 0 Å². The number of hydrogen-bond donors (Lipinski definition) is 1. The number of imidazole rings is 1. The van der Waals surface area contributed by atoms with Gasteiger partial charge in [-0.25, -0.2) is 14.4 Å². The van der Waals surface area contributed by atoms with E-state index in [1.807, 2.05) is 6.92 Å². The Morgan fingerprint density at radius 1 is 1.21 bits per heavy atom. The number of carbonyl (C=O) groups excluding carboxylic acids is 1. The molecule has 4 rings (SSSR count). The maximum absolute atomic E-state index is 13.1. The molecule has 0 saturated carbocycles. The lowest BCUT2D eigenvalue weighted by atomic mass is 10.1. The molecule has 29 heavy (non-hydrogen) atoms. The van der Waals surface area contributed by atoms with E-state index in [4.69, 9.17) is 4.52 Å². The molecule has 0 aliphatic rings. The molecule has 0 spiro atoms. The maximum Gasteiger partial charge on any atom is 0.271 e. The summed E-state index contributed by atoms with van der Waals surface area (Å²) >= 11 is 0. The van der Waals surface area contributed by atoms with Crippen molar-refractivity contribution in [2.75, 3.05) is 0 Å². The maximum atomic E-state index is 13.1. The largest absolute Gasteiger partial charge is 0.344 e. The first kappa shape index (κ1) is 18.5. The molecule has 0 aliphatic heterocycles. The van der Waals surface area contributed by atoms with Gasteiger partial charge in [-0.3, -0.25) is 9.36 Å². The molecule has 1 unspecified atom stereocenters. The summed E-state index contributed by atoms with van der Waals surface area (Å²) in [5.41, 5.74) is 1.74. The molecule has 146 valence electrons. The van der Waals surface area contributed by atoms with Crippen molar-refractivity contribution in [1.29, 1.82) is 0 Å². The number of amides is 1. The number of pyridine rings is 1. The van der Waals surface area contributed by atoms with E-state index in [1.54, 1.807) is 48.1 Å². The average molecular weight is 392 g/mol. The van der Waals surface area contributed by atoms with Gasteiger partial charge in [0.1, 0.15) is 23.7 Å². The van der Waals surface area contributed by atoms with Gasteiger partial charge in [0.15, 0.2) is 5.82 Å². The molecule has 3 heterocycles. The van der Waals surface area contributed by atoms with Crippen LogP contribution in [-0.2, 0) is 0 Å². The summed E-state index contributed by atoms with van der Waals surface area (Å²) in [5, 5.41) is 6.63. The van der Waals surface area contributed by atoms with E-state index < -0.39 is 0 Å². The van der Waals surface area contributed by atoms with Crippen LogP contribution in [0, 0.1) is 12.7 Å². The summed E-state index contributed by atoms with van der Waals surface area (Å²) in [5.74, 6) is 0.810. The second-order valence-electron chi connectivity index (χ2n) is 6.46. The molecule has 0 saturated heterocycles. The van der Waals surface area contributed by atoms with Gasteiger partial charge in [-0.2, -0.15) is 4.98 Å². The second-order valence-corrected chi connectivity index (χ2v) is 6.46. The highest BCUT2D eigenvalue weighted by atomic mass is 19.1. The fourth-order valence-corrected chi connectivity index (χ4v) is 2.78. The highest BCUT2D eigenvalue weighted by Gasteiger charge is 2.15. The minimum Gasteiger partial charge on any atom is -0.344 e. The summed E-state index contributed by atoms with van der Waals surface area (Å²) in [6.07, 6.45) is 4.70. The third kappa shape index (κ3) is 4.03. The van der Waals surface area contributed by atoms with E-state index in [0.29, 0.717) is 23.1 Å². The quantitative estimate of drug-likeness (QED) is 0.560. The number of nitrogens with one attached hydrogen (secondary N) is 1. The standard InChI is InChI=1S/C20H17FN6O2/c1-12(14-3-5-16(21)6-4-14)24-19(28)17-10-27(11-23-17)18-9-15(7-8-22-18)20-25-13(2)26-29-20/h3-12H,1-2H3,(H,24,28). The molecule has 1 atom stereocenters. The van der Waals surface area contributed by atoms with Gasteiger partial charge in [-0.15, -0.1) is 0 Å². The minimum atomic E-state index is -0.343. The lowest BCUT2D eigenvalue weighted by Crippen LogP contribution is -2.26. The highest BCUT2D eigenvalue weighted by molar-refractivity contribution is 5.92. The van der Waals surface area contributed by atoms with Crippen molar-refractivity contribution in [2.45, 2.75) is 19.9 Å². The van der Waals surface area contributed by atoms with Gasteiger partial charge in [-0.05, 0) is 43.7 Å². The molecule has 1 N–H and O–H groups in total. The van der Waals surface area contributed by atoms with Crippen molar-refractivity contribution in [3.05, 3.63) is 78.0 Å². The molecule has 1 amide bonds. The molecular weight excluding hydrogens is 375 g/mol. The fraction of sp³-hybridized carbons (Fsp3) is 0.150. The second kappa shape index (κ2) is 7.63. The zero-order chi connectivity index (χ0) is 20.4. The number of halogens is 1. The first-order valence-corrected chi connectivity index (χ1v) is 8.87. The predicted molar refractivity (Wildman–Crippen MR) is 102 cm³/mol. The highest BCUT2D eigenvalue weighted by Crippen LogP contribution is 2.19. The summed E-state index contributed by atoms with van der Waals surface area (Å²) in [6, 6.07) is 9.20. The molecule has 0 radical (unpaired) electrons. The molecule has 0 fully saturated rings. The zero-order valence-electron chi connectivity index (χ0n) is 15.7. The van der Waals surface area contributed by atoms with E-state index in [0.717, 1.165) is 5.56 Å². The van der Waals surface area contributed by atoms with Crippen LogP contribution in [0.1, 0.15) is 34.8 Å².